The topological polar surface area (TPSA) is 59.4 Å². The zero-order valence-electron chi connectivity index (χ0n) is 8.61. The van der Waals surface area contributed by atoms with E-state index in [2.05, 4.69) is 4.98 Å². The average molecular weight is 231 g/mol. The Morgan fingerprint density at radius 3 is 2.88 bits per heavy atom. The van der Waals surface area contributed by atoms with Gasteiger partial charge in [-0.2, -0.15) is 0 Å². The van der Waals surface area contributed by atoms with Gasteiger partial charge in [0.25, 0.3) is 5.92 Å². The van der Waals surface area contributed by atoms with Crippen LogP contribution < -0.4 is 4.74 Å². The lowest BCUT2D eigenvalue weighted by Crippen LogP contribution is -2.15. The summed E-state index contributed by atoms with van der Waals surface area (Å²) in [6.45, 7) is 0. The lowest BCUT2D eigenvalue weighted by atomic mass is 10.1. The van der Waals surface area contributed by atoms with E-state index in [9.17, 15) is 13.6 Å². The Morgan fingerprint density at radius 1 is 1.62 bits per heavy atom. The highest BCUT2D eigenvalue weighted by Gasteiger charge is 2.32. The van der Waals surface area contributed by atoms with Crippen LogP contribution in [0.3, 0.4) is 0 Å². The van der Waals surface area contributed by atoms with Crippen molar-refractivity contribution < 1.29 is 23.4 Å². The summed E-state index contributed by atoms with van der Waals surface area (Å²) in [7, 11) is 1.32. The van der Waals surface area contributed by atoms with Gasteiger partial charge in [0.1, 0.15) is 0 Å². The van der Waals surface area contributed by atoms with Crippen LogP contribution in [0.2, 0.25) is 0 Å². The van der Waals surface area contributed by atoms with Gasteiger partial charge in [-0.05, 0) is 6.07 Å². The molecular weight excluding hydrogens is 220 g/mol. The molecule has 0 saturated heterocycles. The molecule has 0 aliphatic heterocycles. The highest BCUT2D eigenvalue weighted by Crippen LogP contribution is 2.33. The Kier molecular flexibility index (Phi) is 3.76. The number of halogens is 2. The number of alkyl halides is 2. The van der Waals surface area contributed by atoms with Gasteiger partial charge in [0.05, 0.1) is 13.5 Å². The normalized spacial score (nSPS) is 11.2. The largest absolute Gasteiger partial charge is 0.481 e. The molecule has 1 aromatic rings. The number of carboxylic acids is 1. The van der Waals surface area contributed by atoms with Gasteiger partial charge in [-0.15, -0.1) is 0 Å². The molecule has 0 bridgehead atoms. The SMILES string of the molecule is COc1cc(C(F)(F)CCC(=O)O)ccn1. The Labute approximate surface area is 90.9 Å². The molecule has 0 radical (unpaired) electrons. The second-order valence-corrected chi connectivity index (χ2v) is 3.19. The van der Waals surface area contributed by atoms with Gasteiger partial charge in [0.2, 0.25) is 5.88 Å². The maximum Gasteiger partial charge on any atom is 0.303 e. The first-order valence-electron chi connectivity index (χ1n) is 4.56. The minimum atomic E-state index is -3.19. The third-order valence-electron chi connectivity index (χ3n) is 2.02. The number of hydrogen-bond donors (Lipinski definition) is 1. The smallest absolute Gasteiger partial charge is 0.303 e. The number of aliphatic carboxylic acids is 1. The molecule has 1 N–H and O–H groups in total. The fourth-order valence-electron chi connectivity index (χ4n) is 1.16. The van der Waals surface area contributed by atoms with Gasteiger partial charge in [0, 0.05) is 24.2 Å². The molecule has 0 aromatic carbocycles. The molecule has 0 unspecified atom stereocenters. The molecule has 0 fully saturated rings. The minimum Gasteiger partial charge on any atom is -0.481 e. The van der Waals surface area contributed by atoms with Crippen molar-refractivity contribution in [2.75, 3.05) is 7.11 Å². The van der Waals surface area contributed by atoms with Crippen LogP contribution in [-0.2, 0) is 10.7 Å². The highest BCUT2D eigenvalue weighted by molar-refractivity contribution is 5.66. The van der Waals surface area contributed by atoms with Gasteiger partial charge in [-0.25, -0.2) is 13.8 Å². The summed E-state index contributed by atoms with van der Waals surface area (Å²) in [6.07, 6.45) is -0.129. The second kappa shape index (κ2) is 4.87. The number of ether oxygens (including phenoxy) is 1. The fourth-order valence-corrected chi connectivity index (χ4v) is 1.16. The number of pyridine rings is 1. The summed E-state index contributed by atoms with van der Waals surface area (Å²) in [5.74, 6) is -4.36. The van der Waals surface area contributed by atoms with Crippen LogP contribution in [0.5, 0.6) is 5.88 Å². The lowest BCUT2D eigenvalue weighted by Gasteiger charge is -2.15. The number of aromatic nitrogens is 1. The summed E-state index contributed by atoms with van der Waals surface area (Å²) >= 11 is 0. The van der Waals surface area contributed by atoms with E-state index in [1.54, 1.807) is 0 Å². The van der Waals surface area contributed by atoms with Crippen LogP contribution in [0.4, 0.5) is 8.78 Å². The summed E-state index contributed by atoms with van der Waals surface area (Å²) in [5, 5.41) is 8.35. The fraction of sp³-hybridized carbons (Fsp3) is 0.400. The van der Waals surface area contributed by atoms with E-state index in [1.807, 2.05) is 0 Å². The first-order chi connectivity index (χ1) is 7.45. The number of carboxylic acid groups (broad SMARTS) is 1. The molecule has 0 saturated carbocycles. The van der Waals surface area contributed by atoms with E-state index >= 15 is 0 Å². The maximum atomic E-state index is 13.5. The Hall–Kier alpha value is -1.72. The van der Waals surface area contributed by atoms with Crippen molar-refractivity contribution in [3.05, 3.63) is 23.9 Å². The summed E-state index contributed by atoms with van der Waals surface area (Å²) < 4.78 is 31.7. The van der Waals surface area contributed by atoms with Gasteiger partial charge in [0.15, 0.2) is 0 Å². The molecule has 0 aliphatic carbocycles. The second-order valence-electron chi connectivity index (χ2n) is 3.19. The number of carbonyl (C=O) groups is 1. The van der Waals surface area contributed by atoms with Crippen molar-refractivity contribution in [1.29, 1.82) is 0 Å². The van der Waals surface area contributed by atoms with E-state index in [0.29, 0.717) is 0 Å². The number of nitrogens with zero attached hydrogens (tertiary/aromatic N) is 1. The summed E-state index contributed by atoms with van der Waals surface area (Å²) in [5.41, 5.74) is -0.291. The maximum absolute atomic E-state index is 13.5. The zero-order valence-corrected chi connectivity index (χ0v) is 8.61. The van der Waals surface area contributed by atoms with E-state index in [4.69, 9.17) is 9.84 Å². The predicted octanol–water partition coefficient (Wildman–Crippen LogP) is 2.05. The Balaban J connectivity index is 2.83. The summed E-state index contributed by atoms with van der Waals surface area (Å²) in [6, 6.07) is 2.24. The molecule has 1 heterocycles. The first-order valence-corrected chi connectivity index (χ1v) is 4.56. The van der Waals surface area contributed by atoms with Crippen LogP contribution in [0, 0.1) is 0 Å². The monoisotopic (exact) mass is 231 g/mol. The first kappa shape index (κ1) is 12.4. The minimum absolute atomic E-state index is 0.0764. The van der Waals surface area contributed by atoms with Gasteiger partial charge >= 0.3 is 5.97 Å². The average Bonchev–Trinajstić information content (AvgIpc) is 2.27. The molecule has 1 aromatic heterocycles. The van der Waals surface area contributed by atoms with Gasteiger partial charge < -0.3 is 9.84 Å². The van der Waals surface area contributed by atoms with Crippen LogP contribution in [0.1, 0.15) is 18.4 Å². The molecular formula is C10H11F2NO3. The van der Waals surface area contributed by atoms with Gasteiger partial charge in [-0.3, -0.25) is 4.79 Å². The van der Waals surface area contributed by atoms with E-state index in [-0.39, 0.29) is 11.4 Å². The lowest BCUT2D eigenvalue weighted by molar-refractivity contribution is -0.139. The van der Waals surface area contributed by atoms with Crippen LogP contribution in [0.25, 0.3) is 0 Å². The Morgan fingerprint density at radius 2 is 2.31 bits per heavy atom. The van der Waals surface area contributed by atoms with Crippen molar-refractivity contribution >= 4 is 5.97 Å². The highest BCUT2D eigenvalue weighted by atomic mass is 19.3. The van der Waals surface area contributed by atoms with Crippen molar-refractivity contribution in [2.24, 2.45) is 0 Å². The van der Waals surface area contributed by atoms with E-state index < -0.39 is 24.7 Å². The summed E-state index contributed by atoms with van der Waals surface area (Å²) in [4.78, 5) is 13.9. The van der Waals surface area contributed by atoms with E-state index in [1.165, 1.54) is 13.3 Å². The van der Waals surface area contributed by atoms with Crippen molar-refractivity contribution in [3.63, 3.8) is 0 Å². The molecule has 0 atom stereocenters. The molecule has 6 heteroatoms. The zero-order chi connectivity index (χ0) is 12.2. The molecule has 0 spiro atoms. The number of methoxy groups -OCH3 is 1. The van der Waals surface area contributed by atoms with Crippen LogP contribution in [-0.4, -0.2) is 23.2 Å². The number of hydrogen-bond acceptors (Lipinski definition) is 3. The third kappa shape index (κ3) is 3.15. The molecule has 0 aliphatic rings. The molecule has 4 nitrogen and oxygen atoms in total. The number of rotatable bonds is 5. The van der Waals surface area contributed by atoms with Crippen molar-refractivity contribution in [2.45, 2.75) is 18.8 Å². The Bertz CT molecular complexity index is 382. The van der Waals surface area contributed by atoms with Crippen molar-refractivity contribution in [1.82, 2.24) is 4.98 Å². The standard InChI is InChI=1S/C10H11F2NO3/c1-16-8-6-7(3-5-13-8)10(11,12)4-2-9(14)15/h3,5-6H,2,4H2,1H3,(H,14,15). The van der Waals surface area contributed by atoms with Crippen LogP contribution >= 0.6 is 0 Å². The molecule has 16 heavy (non-hydrogen) atoms. The third-order valence-corrected chi connectivity index (χ3v) is 2.02. The quantitative estimate of drug-likeness (QED) is 0.842. The molecule has 88 valence electrons. The van der Waals surface area contributed by atoms with Gasteiger partial charge in [-0.1, -0.05) is 0 Å². The molecule has 1 rings (SSSR count). The van der Waals surface area contributed by atoms with E-state index in [0.717, 1.165) is 12.1 Å². The van der Waals surface area contributed by atoms with Crippen molar-refractivity contribution in [3.8, 4) is 5.88 Å². The predicted molar refractivity (Wildman–Crippen MR) is 51.6 cm³/mol. The molecule has 0 amide bonds. The van der Waals surface area contributed by atoms with Crippen LogP contribution in [0.15, 0.2) is 18.3 Å².